The summed E-state index contributed by atoms with van der Waals surface area (Å²) in [6.45, 7) is 1.75. The number of aliphatic hydroxyl groups is 1. The SMILES string of the molecule is CC(O)(c1ccc(Cl)cc1)c1ccc(Cl)cc1.Clc1ccc(SN=Nc2cc(Cl)c(Cl)cc2Cl)cc1. The molecule has 0 radical (unpaired) electrons. The van der Waals surface area contributed by atoms with Gasteiger partial charge in [0.25, 0.3) is 0 Å². The zero-order valence-corrected chi connectivity index (χ0v) is 24.0. The molecule has 0 amide bonds. The topological polar surface area (TPSA) is 45.0 Å². The minimum Gasteiger partial charge on any atom is -0.381 e. The van der Waals surface area contributed by atoms with E-state index in [1.54, 1.807) is 49.4 Å². The van der Waals surface area contributed by atoms with Crippen molar-refractivity contribution in [2.75, 3.05) is 0 Å². The van der Waals surface area contributed by atoms with Gasteiger partial charge in [0.05, 0.1) is 15.1 Å². The fourth-order valence-corrected chi connectivity index (χ4v) is 4.35. The molecule has 4 rings (SSSR count). The molecule has 4 aromatic rings. The van der Waals surface area contributed by atoms with E-state index in [9.17, 15) is 5.11 Å². The van der Waals surface area contributed by atoms with Crippen LogP contribution < -0.4 is 0 Å². The Balaban J connectivity index is 0.000000202. The molecule has 0 aliphatic rings. The van der Waals surface area contributed by atoms with Crippen molar-refractivity contribution in [3.8, 4) is 0 Å². The molecular formula is C26H18Cl6N2OS. The van der Waals surface area contributed by atoms with Gasteiger partial charge in [-0.15, -0.1) is 9.63 Å². The molecule has 0 aromatic heterocycles. The third kappa shape index (κ3) is 8.27. The fourth-order valence-electron chi connectivity index (χ4n) is 2.91. The number of hydrogen-bond donors (Lipinski definition) is 1. The van der Waals surface area contributed by atoms with Gasteiger partial charge in [0.1, 0.15) is 11.3 Å². The van der Waals surface area contributed by atoms with Crippen LogP contribution in [-0.4, -0.2) is 5.11 Å². The summed E-state index contributed by atoms with van der Waals surface area (Å²) in [5, 5.41) is 17.7. The summed E-state index contributed by atoms with van der Waals surface area (Å²) in [5.41, 5.74) is 1.01. The van der Waals surface area contributed by atoms with Crippen LogP contribution in [0.2, 0.25) is 30.1 Å². The highest BCUT2D eigenvalue weighted by Crippen LogP contribution is 2.35. The van der Waals surface area contributed by atoms with E-state index in [2.05, 4.69) is 9.63 Å². The maximum absolute atomic E-state index is 10.6. The summed E-state index contributed by atoms with van der Waals surface area (Å²) in [4.78, 5) is 0.921. The molecule has 0 aliphatic heterocycles. The van der Waals surface area contributed by atoms with Crippen molar-refractivity contribution in [1.29, 1.82) is 0 Å². The minimum absolute atomic E-state index is 0.385. The molecule has 0 fully saturated rings. The molecule has 0 bridgehead atoms. The van der Waals surface area contributed by atoms with Crippen molar-refractivity contribution in [3.63, 3.8) is 0 Å². The van der Waals surface area contributed by atoms with Crippen molar-refractivity contribution < 1.29 is 5.11 Å². The minimum atomic E-state index is -1.05. The Bertz CT molecular complexity index is 1280. The summed E-state index contributed by atoms with van der Waals surface area (Å²) in [6, 6.07) is 24.7. The van der Waals surface area contributed by atoms with E-state index >= 15 is 0 Å². The number of hydrogen-bond acceptors (Lipinski definition) is 4. The van der Waals surface area contributed by atoms with E-state index in [1.807, 2.05) is 36.4 Å². The maximum Gasteiger partial charge on any atom is 0.112 e. The number of rotatable bonds is 5. The van der Waals surface area contributed by atoms with Crippen LogP contribution in [0.15, 0.2) is 99.5 Å². The molecule has 0 unspecified atom stereocenters. The van der Waals surface area contributed by atoms with Gasteiger partial charge >= 0.3 is 0 Å². The highest BCUT2D eigenvalue weighted by Gasteiger charge is 2.25. The maximum atomic E-state index is 10.6. The first-order chi connectivity index (χ1) is 17.1. The summed E-state index contributed by atoms with van der Waals surface area (Å²) in [7, 11) is 0. The fraction of sp³-hybridized carbons (Fsp3) is 0.0769. The lowest BCUT2D eigenvalue weighted by Crippen LogP contribution is -2.22. The number of benzene rings is 4. The molecule has 0 heterocycles. The van der Waals surface area contributed by atoms with Crippen molar-refractivity contribution >= 4 is 87.2 Å². The van der Waals surface area contributed by atoms with Crippen molar-refractivity contribution in [2.45, 2.75) is 17.4 Å². The van der Waals surface area contributed by atoms with E-state index in [0.29, 0.717) is 35.8 Å². The monoisotopic (exact) mass is 616 g/mol. The molecule has 186 valence electrons. The zero-order chi connectivity index (χ0) is 26.3. The van der Waals surface area contributed by atoms with Gasteiger partial charge in [0.2, 0.25) is 0 Å². The van der Waals surface area contributed by atoms with Gasteiger partial charge in [-0.3, -0.25) is 0 Å². The molecule has 4 aromatic carbocycles. The Morgan fingerprint density at radius 2 is 1.03 bits per heavy atom. The molecule has 1 N–H and O–H groups in total. The van der Waals surface area contributed by atoms with Crippen LogP contribution >= 0.6 is 81.6 Å². The van der Waals surface area contributed by atoms with Crippen LogP contribution in [0.25, 0.3) is 0 Å². The second-order valence-corrected chi connectivity index (χ2v) is 10.9. The van der Waals surface area contributed by atoms with Gasteiger partial charge in [0, 0.05) is 31.9 Å². The predicted molar refractivity (Wildman–Crippen MR) is 155 cm³/mol. The van der Waals surface area contributed by atoms with Gasteiger partial charge < -0.3 is 5.11 Å². The second-order valence-electron chi connectivity index (χ2n) is 7.53. The smallest absolute Gasteiger partial charge is 0.112 e. The highest BCUT2D eigenvalue weighted by molar-refractivity contribution is 7.97. The van der Waals surface area contributed by atoms with Crippen LogP contribution in [0, 0.1) is 0 Å². The Labute approximate surface area is 244 Å². The molecule has 0 saturated carbocycles. The number of halogens is 6. The van der Waals surface area contributed by atoms with Crippen molar-refractivity contribution in [3.05, 3.63) is 126 Å². The van der Waals surface area contributed by atoms with Crippen LogP contribution in [0.4, 0.5) is 5.69 Å². The molecule has 0 aliphatic carbocycles. The zero-order valence-electron chi connectivity index (χ0n) is 18.6. The lowest BCUT2D eigenvalue weighted by atomic mass is 9.88. The Hall–Kier alpha value is -1.47. The van der Waals surface area contributed by atoms with Gasteiger partial charge in [-0.25, -0.2) is 0 Å². The third-order valence-electron chi connectivity index (χ3n) is 4.91. The summed E-state index contributed by atoms with van der Waals surface area (Å²) in [6.07, 6.45) is 0. The summed E-state index contributed by atoms with van der Waals surface area (Å²) in [5.74, 6) is 0. The lowest BCUT2D eigenvalue weighted by Gasteiger charge is -2.24. The normalized spacial score (nSPS) is 11.3. The Morgan fingerprint density at radius 1 is 0.611 bits per heavy atom. The molecule has 10 heteroatoms. The first-order valence-electron chi connectivity index (χ1n) is 10.3. The van der Waals surface area contributed by atoms with E-state index in [0.717, 1.165) is 16.0 Å². The van der Waals surface area contributed by atoms with Crippen LogP contribution in [0.5, 0.6) is 0 Å². The third-order valence-corrected chi connectivity index (χ3v) is 7.34. The average molecular weight is 619 g/mol. The van der Waals surface area contributed by atoms with Crippen LogP contribution in [0.3, 0.4) is 0 Å². The van der Waals surface area contributed by atoms with E-state index in [-0.39, 0.29) is 0 Å². The second kappa shape index (κ2) is 13.4. The molecular weight excluding hydrogens is 601 g/mol. The summed E-state index contributed by atoms with van der Waals surface area (Å²) < 4.78 is 3.99. The Morgan fingerprint density at radius 3 is 1.50 bits per heavy atom. The van der Waals surface area contributed by atoms with E-state index < -0.39 is 5.60 Å². The van der Waals surface area contributed by atoms with E-state index in [1.165, 1.54) is 18.0 Å². The largest absolute Gasteiger partial charge is 0.381 e. The average Bonchev–Trinajstić information content (AvgIpc) is 2.84. The summed E-state index contributed by atoms with van der Waals surface area (Å²) >= 11 is 36.3. The first-order valence-corrected chi connectivity index (χ1v) is 13.3. The number of nitrogens with zero attached hydrogens (tertiary/aromatic N) is 2. The molecule has 0 atom stereocenters. The van der Waals surface area contributed by atoms with Crippen LogP contribution in [0.1, 0.15) is 18.1 Å². The van der Waals surface area contributed by atoms with E-state index in [4.69, 9.17) is 69.6 Å². The van der Waals surface area contributed by atoms with Gasteiger partial charge in [-0.2, -0.15) is 0 Å². The van der Waals surface area contributed by atoms with Crippen LogP contribution in [-0.2, 0) is 5.60 Å². The van der Waals surface area contributed by atoms with Gasteiger partial charge in [-0.1, -0.05) is 93.9 Å². The predicted octanol–water partition coefficient (Wildman–Crippen LogP) is 11.3. The quantitative estimate of drug-likeness (QED) is 0.137. The standard InChI is InChI=1S/C14H12Cl2O.C12H6Cl4N2S/c1-14(17,10-2-6-12(15)7-3-10)11-4-8-13(16)9-5-11;13-7-1-3-8(4-2-7)19-18-17-12-6-10(15)9(14)5-11(12)16/h2-9,17H,1H3;1-6H. The Kier molecular flexibility index (Phi) is 10.8. The highest BCUT2D eigenvalue weighted by atomic mass is 35.5. The van der Waals surface area contributed by atoms with Crippen molar-refractivity contribution in [1.82, 2.24) is 0 Å². The first kappa shape index (κ1) is 29.1. The van der Waals surface area contributed by atoms with Gasteiger partial charge in [0.15, 0.2) is 0 Å². The lowest BCUT2D eigenvalue weighted by molar-refractivity contribution is 0.102. The van der Waals surface area contributed by atoms with Gasteiger partial charge in [-0.05, 0) is 78.7 Å². The van der Waals surface area contributed by atoms with Crippen molar-refractivity contribution in [2.24, 2.45) is 9.63 Å². The molecule has 0 spiro atoms. The molecule has 36 heavy (non-hydrogen) atoms. The molecule has 0 saturated heterocycles. The molecule has 3 nitrogen and oxygen atoms in total.